The minimum Gasteiger partial charge on any atom is -0.497 e. The van der Waals surface area contributed by atoms with Gasteiger partial charge in [-0.1, -0.05) is 26.0 Å². The van der Waals surface area contributed by atoms with E-state index in [0.29, 0.717) is 24.4 Å². The summed E-state index contributed by atoms with van der Waals surface area (Å²) in [7, 11) is 1.61. The first kappa shape index (κ1) is 26.1. The summed E-state index contributed by atoms with van der Waals surface area (Å²) in [5.74, 6) is 0.447. The molecule has 3 aliphatic carbocycles. The zero-order valence-corrected chi connectivity index (χ0v) is 22.6. The minimum atomic E-state index is -0.669. The van der Waals surface area contributed by atoms with Gasteiger partial charge >= 0.3 is 0 Å². The second kappa shape index (κ2) is 10.0. The average molecular weight is 528 g/mol. The van der Waals surface area contributed by atoms with E-state index in [1.165, 1.54) is 11.3 Å². The van der Waals surface area contributed by atoms with Gasteiger partial charge in [-0.25, -0.2) is 4.98 Å². The van der Waals surface area contributed by atoms with Crippen molar-refractivity contribution >= 4 is 28.3 Å². The minimum absolute atomic E-state index is 0.0109. The largest absolute Gasteiger partial charge is 0.497 e. The molecular weight excluding hydrogens is 490 g/mol. The number of anilines is 1. The third kappa shape index (κ3) is 5.01. The topological polar surface area (TPSA) is 121 Å². The van der Waals surface area contributed by atoms with Gasteiger partial charge < -0.3 is 25.6 Å². The van der Waals surface area contributed by atoms with Crippen molar-refractivity contribution in [3.8, 4) is 5.75 Å². The molecule has 1 aromatic heterocycles. The smallest absolute Gasteiger partial charge is 0.230 e. The van der Waals surface area contributed by atoms with Crippen LogP contribution in [0.1, 0.15) is 68.0 Å². The number of aromatic nitrogens is 1. The summed E-state index contributed by atoms with van der Waals surface area (Å²) in [6.07, 6.45) is 3.98. The molecule has 2 saturated carbocycles. The highest BCUT2D eigenvalue weighted by Gasteiger charge is 2.59. The molecule has 0 saturated heterocycles. The van der Waals surface area contributed by atoms with Gasteiger partial charge in [0.25, 0.3) is 0 Å². The van der Waals surface area contributed by atoms with Crippen LogP contribution < -0.4 is 15.4 Å². The summed E-state index contributed by atoms with van der Waals surface area (Å²) in [6, 6.07) is 7.67. The Morgan fingerprint density at radius 1 is 1.16 bits per heavy atom. The van der Waals surface area contributed by atoms with Crippen molar-refractivity contribution in [2.24, 2.45) is 16.7 Å². The standard InChI is InChI=1S/C28H37N3O5S/c1-27-11-10-22(33)28(2,15-32)21(27)14-20-25(19(27)13-24(35)29-17-6-7-17)31-26(37-20)30-23(34)12-16-4-8-18(36-3)9-5-16/h4-5,8-9,17,19,21-22,32-33H,6-7,10-15H2,1-3H3,(H,29,35)(H,30,31,34). The van der Waals surface area contributed by atoms with Crippen LogP contribution in [0.3, 0.4) is 0 Å². The summed E-state index contributed by atoms with van der Waals surface area (Å²) < 4.78 is 5.19. The van der Waals surface area contributed by atoms with E-state index < -0.39 is 11.5 Å². The highest BCUT2D eigenvalue weighted by molar-refractivity contribution is 7.15. The molecule has 3 aliphatic rings. The van der Waals surface area contributed by atoms with Crippen LogP contribution in [0.15, 0.2) is 24.3 Å². The van der Waals surface area contributed by atoms with E-state index in [-0.39, 0.29) is 48.1 Å². The maximum absolute atomic E-state index is 13.0. The van der Waals surface area contributed by atoms with Crippen molar-refractivity contribution in [2.45, 2.75) is 76.9 Å². The fraction of sp³-hybridized carbons (Fsp3) is 0.607. The lowest BCUT2D eigenvalue weighted by Gasteiger charge is -2.58. The Morgan fingerprint density at radius 2 is 1.89 bits per heavy atom. The Morgan fingerprint density at radius 3 is 2.54 bits per heavy atom. The molecule has 2 amide bonds. The lowest BCUT2D eigenvalue weighted by atomic mass is 9.47. The molecule has 5 rings (SSSR count). The molecule has 0 radical (unpaired) electrons. The summed E-state index contributed by atoms with van der Waals surface area (Å²) >= 11 is 1.45. The molecule has 37 heavy (non-hydrogen) atoms. The van der Waals surface area contributed by atoms with Gasteiger partial charge in [0.05, 0.1) is 31.9 Å². The van der Waals surface area contributed by atoms with E-state index in [0.717, 1.165) is 41.1 Å². The van der Waals surface area contributed by atoms with Gasteiger partial charge in [0, 0.05) is 28.7 Å². The van der Waals surface area contributed by atoms with E-state index >= 15 is 0 Å². The van der Waals surface area contributed by atoms with E-state index in [2.05, 4.69) is 17.6 Å². The van der Waals surface area contributed by atoms with Crippen molar-refractivity contribution < 1.29 is 24.5 Å². The van der Waals surface area contributed by atoms with Crippen LogP contribution >= 0.6 is 11.3 Å². The quantitative estimate of drug-likeness (QED) is 0.418. The molecule has 9 heteroatoms. The molecule has 0 spiro atoms. The van der Waals surface area contributed by atoms with Crippen molar-refractivity contribution in [3.05, 3.63) is 40.4 Å². The van der Waals surface area contributed by atoms with Crippen LogP contribution in [-0.2, 0) is 22.4 Å². The molecule has 1 heterocycles. The van der Waals surface area contributed by atoms with Crippen LogP contribution in [0.2, 0.25) is 0 Å². The molecule has 2 fully saturated rings. The number of thiazole rings is 1. The number of aliphatic hydroxyl groups is 2. The number of fused-ring (bicyclic) bond motifs is 2. The number of hydrogen-bond donors (Lipinski definition) is 4. The van der Waals surface area contributed by atoms with Crippen LogP contribution in [-0.4, -0.2) is 52.9 Å². The number of carbonyl (C=O) groups is 2. The summed E-state index contributed by atoms with van der Waals surface area (Å²) in [5.41, 5.74) is 0.785. The number of hydrogen-bond acceptors (Lipinski definition) is 7. The lowest BCUT2D eigenvalue weighted by molar-refractivity contribution is -0.144. The molecule has 4 N–H and O–H groups in total. The first-order valence-corrected chi connectivity index (χ1v) is 14.0. The number of amides is 2. The molecular formula is C28H37N3O5S. The van der Waals surface area contributed by atoms with Gasteiger partial charge in [0.1, 0.15) is 5.75 Å². The SMILES string of the molecule is COc1ccc(CC(=O)Nc2nc3c(s2)CC2C(C)(CO)C(O)CCC2(C)C3CC(=O)NC2CC2)cc1. The van der Waals surface area contributed by atoms with Crippen molar-refractivity contribution in [1.29, 1.82) is 0 Å². The average Bonchev–Trinajstić information content (AvgIpc) is 3.60. The van der Waals surface area contributed by atoms with Crippen LogP contribution in [0, 0.1) is 16.7 Å². The van der Waals surface area contributed by atoms with Crippen LogP contribution in [0.4, 0.5) is 5.13 Å². The zero-order chi connectivity index (χ0) is 26.4. The highest BCUT2D eigenvalue weighted by atomic mass is 32.1. The van der Waals surface area contributed by atoms with Crippen molar-refractivity contribution in [1.82, 2.24) is 10.3 Å². The molecule has 5 unspecified atom stereocenters. The Kier molecular flexibility index (Phi) is 7.06. The Labute approximate surface area is 221 Å². The summed E-state index contributed by atoms with van der Waals surface area (Å²) in [6.45, 7) is 4.04. The van der Waals surface area contributed by atoms with Gasteiger partial charge in [-0.2, -0.15) is 0 Å². The van der Waals surface area contributed by atoms with E-state index in [1.54, 1.807) is 7.11 Å². The van der Waals surface area contributed by atoms with E-state index in [4.69, 9.17) is 9.72 Å². The van der Waals surface area contributed by atoms with Gasteiger partial charge in [0.2, 0.25) is 11.8 Å². The number of methoxy groups -OCH3 is 1. The third-order valence-electron chi connectivity index (χ3n) is 9.00. The first-order valence-electron chi connectivity index (χ1n) is 13.2. The lowest BCUT2D eigenvalue weighted by Crippen LogP contribution is -2.57. The monoisotopic (exact) mass is 527 g/mol. The Bertz CT molecular complexity index is 1160. The van der Waals surface area contributed by atoms with Gasteiger partial charge in [-0.05, 0) is 61.1 Å². The Balaban J connectivity index is 1.41. The Hall–Kier alpha value is -2.49. The van der Waals surface area contributed by atoms with Crippen LogP contribution in [0.5, 0.6) is 5.75 Å². The molecule has 0 bridgehead atoms. The first-order chi connectivity index (χ1) is 17.7. The van der Waals surface area contributed by atoms with E-state index in [9.17, 15) is 19.8 Å². The highest BCUT2D eigenvalue weighted by Crippen LogP contribution is 2.62. The number of aliphatic hydroxyl groups excluding tert-OH is 2. The maximum Gasteiger partial charge on any atom is 0.230 e. The van der Waals surface area contributed by atoms with Crippen molar-refractivity contribution in [2.75, 3.05) is 19.0 Å². The fourth-order valence-electron chi connectivity index (χ4n) is 6.49. The number of nitrogens with one attached hydrogen (secondary N) is 2. The number of benzene rings is 1. The maximum atomic E-state index is 13.0. The zero-order valence-electron chi connectivity index (χ0n) is 21.8. The van der Waals surface area contributed by atoms with Gasteiger partial charge in [-0.3, -0.25) is 9.59 Å². The predicted octanol–water partition coefficient (Wildman–Crippen LogP) is 3.42. The van der Waals surface area contributed by atoms with Crippen LogP contribution in [0.25, 0.3) is 0 Å². The summed E-state index contributed by atoms with van der Waals surface area (Å²) in [4.78, 5) is 31.7. The number of carbonyl (C=O) groups excluding carboxylic acids is 2. The third-order valence-corrected chi connectivity index (χ3v) is 10.0. The molecule has 200 valence electrons. The number of ether oxygens (including phenoxy) is 1. The molecule has 2 aromatic rings. The summed E-state index contributed by atoms with van der Waals surface area (Å²) in [5, 5.41) is 27.9. The van der Waals surface area contributed by atoms with Gasteiger partial charge in [-0.15, -0.1) is 11.3 Å². The second-order valence-corrected chi connectivity index (χ2v) is 12.6. The molecule has 0 aliphatic heterocycles. The second-order valence-electron chi connectivity index (χ2n) is 11.5. The van der Waals surface area contributed by atoms with Crippen molar-refractivity contribution in [3.63, 3.8) is 0 Å². The predicted molar refractivity (Wildman–Crippen MR) is 142 cm³/mol. The van der Waals surface area contributed by atoms with E-state index in [1.807, 2.05) is 31.2 Å². The molecule has 1 aromatic carbocycles. The number of rotatable bonds is 8. The van der Waals surface area contributed by atoms with Gasteiger partial charge in [0.15, 0.2) is 5.13 Å². The normalized spacial score (nSPS) is 30.7. The molecule has 8 nitrogen and oxygen atoms in total. The fourth-order valence-corrected chi connectivity index (χ4v) is 7.58. The number of nitrogens with zero attached hydrogens (tertiary/aromatic N) is 1. The molecule has 5 atom stereocenters.